The van der Waals surface area contributed by atoms with Gasteiger partial charge in [0.05, 0.1) is 5.41 Å². The molecule has 1 atom stereocenters. The van der Waals surface area contributed by atoms with Crippen LogP contribution in [0.25, 0.3) is 11.1 Å². The van der Waals surface area contributed by atoms with E-state index in [2.05, 4.69) is 39.6 Å². The fraction of sp³-hybridized carbons (Fsp3) is 0.333. The van der Waals surface area contributed by atoms with Gasteiger partial charge in [0, 0.05) is 38.2 Å². The van der Waals surface area contributed by atoms with E-state index in [1.54, 1.807) is 35.6 Å². The summed E-state index contributed by atoms with van der Waals surface area (Å²) in [4.78, 5) is 36.6. The Morgan fingerprint density at radius 2 is 1.76 bits per heavy atom. The molecular weight excluding hydrogens is 412 g/mol. The van der Waals surface area contributed by atoms with Crippen LogP contribution in [0.3, 0.4) is 0 Å². The minimum absolute atomic E-state index is 0.0288. The molecule has 2 aromatic heterocycles. The van der Waals surface area contributed by atoms with Gasteiger partial charge < -0.3 is 10.2 Å². The summed E-state index contributed by atoms with van der Waals surface area (Å²) in [5, 5.41) is 3.10. The van der Waals surface area contributed by atoms with Crippen LogP contribution in [0.2, 0.25) is 0 Å². The number of nitrogens with one attached hydrogen (secondary N) is 1. The Labute approximate surface area is 195 Å². The van der Waals surface area contributed by atoms with Gasteiger partial charge >= 0.3 is 0 Å². The highest BCUT2D eigenvalue weighted by molar-refractivity contribution is 5.93. The molecule has 0 saturated carbocycles. The lowest BCUT2D eigenvalue weighted by atomic mass is 9.74. The van der Waals surface area contributed by atoms with E-state index in [0.717, 1.165) is 36.0 Å². The van der Waals surface area contributed by atoms with Crippen LogP contribution in [0.4, 0.5) is 0 Å². The molecule has 2 amide bonds. The third kappa shape index (κ3) is 5.28. The number of benzene rings is 1. The van der Waals surface area contributed by atoms with Gasteiger partial charge in [-0.2, -0.15) is 0 Å². The van der Waals surface area contributed by atoms with Crippen molar-refractivity contribution in [3.8, 4) is 11.1 Å². The second kappa shape index (κ2) is 10.4. The molecule has 1 N–H and O–H groups in total. The average molecular weight is 443 g/mol. The van der Waals surface area contributed by atoms with Gasteiger partial charge in [-0.05, 0) is 66.6 Å². The molecule has 3 aromatic rings. The maximum atomic E-state index is 13.4. The number of piperidine rings is 1. The lowest BCUT2D eigenvalue weighted by Gasteiger charge is -2.42. The molecule has 1 aromatic carbocycles. The lowest BCUT2D eigenvalue weighted by Crippen LogP contribution is -2.54. The summed E-state index contributed by atoms with van der Waals surface area (Å²) in [6.07, 6.45) is 8.19. The molecule has 1 aliphatic rings. The second-order valence-electron chi connectivity index (χ2n) is 8.69. The highest BCUT2D eigenvalue weighted by Crippen LogP contribution is 2.35. The fourth-order valence-corrected chi connectivity index (χ4v) is 4.54. The number of pyridine rings is 2. The molecule has 1 aliphatic heterocycles. The first-order valence-electron chi connectivity index (χ1n) is 11.6. The number of amides is 2. The summed E-state index contributed by atoms with van der Waals surface area (Å²) in [6, 6.07) is 17.7. The number of likely N-dealkylation sites (tertiary alicyclic amines) is 1. The van der Waals surface area contributed by atoms with Gasteiger partial charge in [0.15, 0.2) is 0 Å². The topological polar surface area (TPSA) is 75.2 Å². The SMILES string of the molecule is CCCNC(=O)C1(Cc2ccc(-c3ccncc3)cc2)CCCN(C(=O)c2ccccn2)C1. The molecule has 1 fully saturated rings. The van der Waals surface area contributed by atoms with Crippen molar-refractivity contribution < 1.29 is 9.59 Å². The first-order valence-corrected chi connectivity index (χ1v) is 11.6. The number of aromatic nitrogens is 2. The van der Waals surface area contributed by atoms with Crippen LogP contribution < -0.4 is 5.32 Å². The lowest BCUT2D eigenvalue weighted by molar-refractivity contribution is -0.133. The third-order valence-electron chi connectivity index (χ3n) is 6.28. The normalized spacial score (nSPS) is 18.0. The van der Waals surface area contributed by atoms with Crippen LogP contribution in [0.1, 0.15) is 42.2 Å². The Bertz CT molecular complexity index is 1070. The van der Waals surface area contributed by atoms with Gasteiger partial charge in [0.25, 0.3) is 5.91 Å². The predicted octanol–water partition coefficient (Wildman–Crippen LogP) is 4.13. The van der Waals surface area contributed by atoms with Crippen LogP contribution >= 0.6 is 0 Å². The molecule has 0 aliphatic carbocycles. The predicted molar refractivity (Wildman–Crippen MR) is 128 cm³/mol. The zero-order valence-electron chi connectivity index (χ0n) is 19.0. The monoisotopic (exact) mass is 442 g/mol. The Kier molecular flexibility index (Phi) is 7.13. The van der Waals surface area contributed by atoms with Gasteiger partial charge in [-0.15, -0.1) is 0 Å². The number of hydrogen-bond donors (Lipinski definition) is 1. The molecule has 3 heterocycles. The molecule has 0 radical (unpaired) electrons. The maximum absolute atomic E-state index is 13.4. The van der Waals surface area contributed by atoms with Crippen molar-refractivity contribution in [1.82, 2.24) is 20.2 Å². The smallest absolute Gasteiger partial charge is 0.272 e. The van der Waals surface area contributed by atoms with Crippen LogP contribution in [0, 0.1) is 5.41 Å². The summed E-state index contributed by atoms with van der Waals surface area (Å²) in [7, 11) is 0. The minimum Gasteiger partial charge on any atom is -0.356 e. The van der Waals surface area contributed by atoms with Crippen molar-refractivity contribution in [3.05, 3.63) is 84.4 Å². The van der Waals surface area contributed by atoms with E-state index in [4.69, 9.17) is 0 Å². The Balaban J connectivity index is 1.58. The highest BCUT2D eigenvalue weighted by atomic mass is 16.2. The van der Waals surface area contributed by atoms with E-state index < -0.39 is 5.41 Å². The standard InChI is InChI=1S/C27H30N4O2/c1-2-14-30-26(33)27(13-5-18-31(20-27)25(32)24-6-3-4-15-29-24)19-21-7-9-22(10-8-21)23-11-16-28-17-12-23/h3-4,6-12,15-17H,2,5,13-14,18-20H2,1H3,(H,30,33). The summed E-state index contributed by atoms with van der Waals surface area (Å²) < 4.78 is 0. The number of nitrogens with zero attached hydrogens (tertiary/aromatic N) is 3. The Hall–Kier alpha value is -3.54. The van der Waals surface area contributed by atoms with Crippen molar-refractivity contribution in [3.63, 3.8) is 0 Å². The van der Waals surface area contributed by atoms with Crippen molar-refractivity contribution in [2.24, 2.45) is 5.41 Å². The third-order valence-corrected chi connectivity index (χ3v) is 6.28. The summed E-state index contributed by atoms with van der Waals surface area (Å²) in [5.41, 5.74) is 3.07. The second-order valence-corrected chi connectivity index (χ2v) is 8.69. The largest absolute Gasteiger partial charge is 0.356 e. The van der Waals surface area contributed by atoms with Gasteiger partial charge in [0.2, 0.25) is 5.91 Å². The Morgan fingerprint density at radius 1 is 1.00 bits per heavy atom. The first kappa shape index (κ1) is 22.6. The number of rotatable bonds is 7. The van der Waals surface area contributed by atoms with Crippen molar-refractivity contribution >= 4 is 11.8 Å². The summed E-state index contributed by atoms with van der Waals surface area (Å²) in [5.74, 6) is -0.0860. The first-order chi connectivity index (χ1) is 16.1. The van der Waals surface area contributed by atoms with Gasteiger partial charge in [-0.3, -0.25) is 19.6 Å². The van der Waals surface area contributed by atoms with E-state index in [-0.39, 0.29) is 11.8 Å². The molecule has 0 spiro atoms. The maximum Gasteiger partial charge on any atom is 0.272 e. The van der Waals surface area contributed by atoms with Crippen LogP contribution in [-0.4, -0.2) is 46.3 Å². The Morgan fingerprint density at radius 3 is 2.45 bits per heavy atom. The zero-order chi connectivity index (χ0) is 23.1. The molecule has 4 rings (SSSR count). The van der Waals surface area contributed by atoms with E-state index in [1.165, 1.54) is 0 Å². The van der Waals surface area contributed by atoms with Crippen molar-refractivity contribution in [2.75, 3.05) is 19.6 Å². The summed E-state index contributed by atoms with van der Waals surface area (Å²) >= 11 is 0. The van der Waals surface area contributed by atoms with Crippen LogP contribution in [-0.2, 0) is 11.2 Å². The molecular formula is C27H30N4O2. The number of hydrogen-bond acceptors (Lipinski definition) is 4. The molecule has 6 heteroatoms. The van der Waals surface area contributed by atoms with E-state index in [1.807, 2.05) is 25.1 Å². The van der Waals surface area contributed by atoms with E-state index in [0.29, 0.717) is 31.7 Å². The minimum atomic E-state index is -0.657. The van der Waals surface area contributed by atoms with Crippen LogP contribution in [0.15, 0.2) is 73.2 Å². The van der Waals surface area contributed by atoms with Crippen molar-refractivity contribution in [2.45, 2.75) is 32.6 Å². The highest BCUT2D eigenvalue weighted by Gasteiger charge is 2.43. The molecule has 33 heavy (non-hydrogen) atoms. The number of carbonyl (C=O) groups is 2. The molecule has 1 saturated heterocycles. The van der Waals surface area contributed by atoms with Crippen LogP contribution in [0.5, 0.6) is 0 Å². The van der Waals surface area contributed by atoms with E-state index >= 15 is 0 Å². The van der Waals surface area contributed by atoms with Gasteiger partial charge in [-0.25, -0.2) is 0 Å². The molecule has 1 unspecified atom stereocenters. The molecule has 6 nitrogen and oxygen atoms in total. The molecule has 0 bridgehead atoms. The number of carbonyl (C=O) groups excluding carboxylic acids is 2. The summed E-state index contributed by atoms with van der Waals surface area (Å²) in [6.45, 7) is 3.71. The van der Waals surface area contributed by atoms with Gasteiger partial charge in [-0.1, -0.05) is 37.3 Å². The van der Waals surface area contributed by atoms with E-state index in [9.17, 15) is 9.59 Å². The van der Waals surface area contributed by atoms with Gasteiger partial charge in [0.1, 0.15) is 5.69 Å². The quantitative estimate of drug-likeness (QED) is 0.597. The zero-order valence-corrected chi connectivity index (χ0v) is 19.0. The fourth-order valence-electron chi connectivity index (χ4n) is 4.54. The average Bonchev–Trinajstić information content (AvgIpc) is 2.88. The van der Waals surface area contributed by atoms with Crippen molar-refractivity contribution in [1.29, 1.82) is 0 Å². The molecule has 170 valence electrons.